The van der Waals surface area contributed by atoms with Crippen molar-refractivity contribution in [3.8, 4) is 5.75 Å². The zero-order valence-corrected chi connectivity index (χ0v) is 17.8. The van der Waals surface area contributed by atoms with Crippen LogP contribution in [0.3, 0.4) is 0 Å². The van der Waals surface area contributed by atoms with E-state index in [4.69, 9.17) is 4.74 Å². The first-order chi connectivity index (χ1) is 14.6. The Morgan fingerprint density at radius 3 is 2.16 bits per heavy atom. The van der Waals surface area contributed by atoms with Crippen LogP contribution in [0.2, 0.25) is 0 Å². The van der Waals surface area contributed by atoms with Crippen LogP contribution >= 0.6 is 0 Å². The van der Waals surface area contributed by atoms with E-state index in [0.717, 1.165) is 10.6 Å². The van der Waals surface area contributed by atoms with Crippen LogP contribution in [0, 0.1) is 0 Å². The number of hydrogen-bond acceptors (Lipinski definition) is 8. The van der Waals surface area contributed by atoms with Gasteiger partial charge in [-0.25, -0.2) is 18.0 Å². The maximum atomic E-state index is 12.9. The van der Waals surface area contributed by atoms with Gasteiger partial charge in [0.05, 0.1) is 43.8 Å². The Balaban J connectivity index is 1.91. The molecule has 2 aromatic carbocycles. The zero-order chi connectivity index (χ0) is 22.8. The second-order valence-corrected chi connectivity index (χ2v) is 8.55. The van der Waals surface area contributed by atoms with Gasteiger partial charge in [0.1, 0.15) is 5.75 Å². The second kappa shape index (κ2) is 8.64. The van der Waals surface area contributed by atoms with E-state index in [1.807, 2.05) is 0 Å². The van der Waals surface area contributed by atoms with Gasteiger partial charge in [-0.15, -0.1) is 0 Å². The third kappa shape index (κ3) is 4.77. The summed E-state index contributed by atoms with van der Waals surface area (Å²) in [6.07, 6.45) is -0.139. The number of nitrogens with zero attached hydrogens (tertiary/aromatic N) is 1. The standard InChI is InChI=1S/C20H20N2O8S/c1-28-19(24)12-8-13(20(25)29-2)10-14(9-12)21-18(23)17-11-22(31(3,26)27)15-6-4-5-7-16(15)30-17/h4-10,17H,11H2,1-3H3,(H,21,23). The van der Waals surface area contributed by atoms with Crippen molar-refractivity contribution < 1.29 is 37.0 Å². The number of benzene rings is 2. The molecule has 164 valence electrons. The van der Waals surface area contributed by atoms with E-state index in [9.17, 15) is 22.8 Å². The van der Waals surface area contributed by atoms with Crippen molar-refractivity contribution >= 4 is 39.2 Å². The number of fused-ring (bicyclic) bond motifs is 1. The van der Waals surface area contributed by atoms with Crippen LogP contribution in [-0.4, -0.2) is 59.4 Å². The quantitative estimate of drug-likeness (QED) is 0.680. The summed E-state index contributed by atoms with van der Waals surface area (Å²) in [7, 11) is -1.31. The molecule has 0 aliphatic carbocycles. The molecule has 0 aromatic heterocycles. The average Bonchev–Trinajstić information content (AvgIpc) is 2.76. The van der Waals surface area contributed by atoms with Crippen LogP contribution in [0.4, 0.5) is 11.4 Å². The van der Waals surface area contributed by atoms with Gasteiger partial charge in [-0.1, -0.05) is 12.1 Å². The van der Waals surface area contributed by atoms with Gasteiger partial charge in [-0.3, -0.25) is 9.10 Å². The molecule has 1 atom stereocenters. The third-order valence-corrected chi connectivity index (χ3v) is 5.62. The van der Waals surface area contributed by atoms with Crippen LogP contribution in [0.1, 0.15) is 20.7 Å². The van der Waals surface area contributed by atoms with E-state index in [-0.39, 0.29) is 29.1 Å². The number of hydrogen-bond donors (Lipinski definition) is 1. The molecular formula is C20H20N2O8S. The average molecular weight is 448 g/mol. The van der Waals surface area contributed by atoms with E-state index < -0.39 is 34.0 Å². The Morgan fingerprint density at radius 1 is 1.03 bits per heavy atom. The number of carbonyl (C=O) groups excluding carboxylic acids is 3. The van der Waals surface area contributed by atoms with E-state index in [0.29, 0.717) is 5.69 Å². The van der Waals surface area contributed by atoms with E-state index in [1.54, 1.807) is 24.3 Å². The Morgan fingerprint density at radius 2 is 1.61 bits per heavy atom. The lowest BCUT2D eigenvalue weighted by Gasteiger charge is -2.33. The minimum atomic E-state index is -3.67. The molecule has 11 heteroatoms. The van der Waals surface area contributed by atoms with Crippen LogP contribution in [0.5, 0.6) is 5.75 Å². The fraction of sp³-hybridized carbons (Fsp3) is 0.250. The molecule has 0 saturated carbocycles. The first kappa shape index (κ1) is 22.1. The van der Waals surface area contributed by atoms with Gasteiger partial charge in [-0.2, -0.15) is 0 Å². The summed E-state index contributed by atoms with van der Waals surface area (Å²) in [5.41, 5.74) is 0.484. The number of nitrogens with one attached hydrogen (secondary N) is 1. The summed E-state index contributed by atoms with van der Waals surface area (Å²) in [5.74, 6) is -1.86. The molecule has 10 nitrogen and oxygen atoms in total. The fourth-order valence-electron chi connectivity index (χ4n) is 3.05. The van der Waals surface area contributed by atoms with Crippen LogP contribution in [0.25, 0.3) is 0 Å². The topological polar surface area (TPSA) is 128 Å². The van der Waals surface area contributed by atoms with Crippen molar-refractivity contribution in [3.63, 3.8) is 0 Å². The smallest absolute Gasteiger partial charge is 0.337 e. The van der Waals surface area contributed by atoms with Crippen molar-refractivity contribution in [2.45, 2.75) is 6.10 Å². The number of ether oxygens (including phenoxy) is 3. The number of anilines is 2. The van der Waals surface area contributed by atoms with Gasteiger partial charge in [0.25, 0.3) is 5.91 Å². The predicted octanol–water partition coefficient (Wildman–Crippen LogP) is 1.43. The SMILES string of the molecule is COC(=O)c1cc(NC(=O)C2CN(S(C)(=O)=O)c3ccccc3O2)cc(C(=O)OC)c1. The summed E-state index contributed by atoms with van der Waals surface area (Å²) in [4.78, 5) is 36.7. The van der Waals surface area contributed by atoms with Gasteiger partial charge in [-0.05, 0) is 30.3 Å². The van der Waals surface area contributed by atoms with Gasteiger partial charge in [0.15, 0.2) is 6.10 Å². The molecule has 0 spiro atoms. The van der Waals surface area contributed by atoms with E-state index >= 15 is 0 Å². The second-order valence-electron chi connectivity index (χ2n) is 6.64. The van der Waals surface area contributed by atoms with Crippen molar-refractivity contribution in [1.82, 2.24) is 0 Å². The first-order valence-corrected chi connectivity index (χ1v) is 10.8. The molecule has 1 aliphatic rings. The summed E-state index contributed by atoms with van der Waals surface area (Å²) in [5, 5.41) is 2.55. The molecule has 0 bridgehead atoms. The van der Waals surface area contributed by atoms with Gasteiger partial charge in [0.2, 0.25) is 10.0 Å². The van der Waals surface area contributed by atoms with Crippen molar-refractivity contribution in [2.24, 2.45) is 0 Å². The minimum absolute atomic E-state index is 0.0216. The molecule has 0 saturated heterocycles. The molecule has 1 aliphatic heterocycles. The monoisotopic (exact) mass is 448 g/mol. The number of amides is 1. The Hall–Kier alpha value is -3.60. The number of rotatable bonds is 5. The fourth-order valence-corrected chi connectivity index (χ4v) is 3.96. The molecule has 1 heterocycles. The van der Waals surface area contributed by atoms with Gasteiger partial charge < -0.3 is 19.5 Å². The van der Waals surface area contributed by atoms with Gasteiger partial charge >= 0.3 is 11.9 Å². The maximum absolute atomic E-state index is 12.9. The van der Waals surface area contributed by atoms with Crippen molar-refractivity contribution in [1.29, 1.82) is 0 Å². The van der Waals surface area contributed by atoms with Crippen LogP contribution in [0.15, 0.2) is 42.5 Å². The summed E-state index contributed by atoms with van der Waals surface area (Å²) >= 11 is 0. The van der Waals surface area contributed by atoms with Crippen molar-refractivity contribution in [3.05, 3.63) is 53.6 Å². The lowest BCUT2D eigenvalue weighted by atomic mass is 10.1. The number of para-hydroxylation sites is 2. The Kier molecular flexibility index (Phi) is 6.16. The zero-order valence-electron chi connectivity index (χ0n) is 16.9. The highest BCUT2D eigenvalue weighted by Crippen LogP contribution is 2.34. The summed E-state index contributed by atoms with van der Waals surface area (Å²) < 4.78 is 40.5. The molecule has 2 aromatic rings. The maximum Gasteiger partial charge on any atom is 0.337 e. The van der Waals surface area contributed by atoms with Crippen molar-refractivity contribution in [2.75, 3.05) is 36.6 Å². The highest BCUT2D eigenvalue weighted by atomic mass is 32.2. The molecule has 1 amide bonds. The lowest BCUT2D eigenvalue weighted by molar-refractivity contribution is -0.122. The molecule has 3 rings (SSSR count). The molecule has 0 fully saturated rings. The summed E-state index contributed by atoms with van der Waals surface area (Å²) in [6.45, 7) is -0.248. The first-order valence-electron chi connectivity index (χ1n) is 9.00. The molecular weight excluding hydrogens is 428 g/mol. The molecule has 31 heavy (non-hydrogen) atoms. The van der Waals surface area contributed by atoms with Crippen LogP contribution < -0.4 is 14.4 Å². The molecule has 1 unspecified atom stereocenters. The molecule has 1 N–H and O–H groups in total. The predicted molar refractivity (Wildman–Crippen MR) is 111 cm³/mol. The highest BCUT2D eigenvalue weighted by molar-refractivity contribution is 7.92. The van der Waals surface area contributed by atoms with E-state index in [2.05, 4.69) is 14.8 Å². The Bertz CT molecular complexity index is 1110. The molecule has 0 radical (unpaired) electrons. The lowest BCUT2D eigenvalue weighted by Crippen LogP contribution is -2.48. The van der Waals surface area contributed by atoms with E-state index in [1.165, 1.54) is 32.4 Å². The number of methoxy groups -OCH3 is 2. The van der Waals surface area contributed by atoms with Crippen LogP contribution in [-0.2, 0) is 24.3 Å². The summed E-state index contributed by atoms with van der Waals surface area (Å²) in [6, 6.07) is 10.4. The largest absolute Gasteiger partial charge is 0.476 e. The third-order valence-electron chi connectivity index (χ3n) is 4.47. The minimum Gasteiger partial charge on any atom is -0.476 e. The van der Waals surface area contributed by atoms with Gasteiger partial charge in [0, 0.05) is 5.69 Å². The Labute approximate surface area is 178 Å². The highest BCUT2D eigenvalue weighted by Gasteiger charge is 2.35. The number of sulfonamides is 1. The number of esters is 2. The number of carbonyl (C=O) groups is 3. The normalized spacial score (nSPS) is 15.3.